The minimum atomic E-state index is 0. The number of rotatable bonds is 0. The summed E-state index contributed by atoms with van der Waals surface area (Å²) in [6.45, 7) is 4.31. The molecule has 5 rings (SSSR count). The van der Waals surface area contributed by atoms with Crippen molar-refractivity contribution >= 4 is 31.1 Å². The van der Waals surface area contributed by atoms with Crippen LogP contribution in [0.3, 0.4) is 0 Å². The van der Waals surface area contributed by atoms with Crippen molar-refractivity contribution in [2.24, 2.45) is 0 Å². The fourth-order valence-electron chi connectivity index (χ4n) is 3.28. The van der Waals surface area contributed by atoms with Gasteiger partial charge in [0, 0.05) is 9.52 Å². The maximum Gasteiger partial charge on any atom is 4.00 e. The second kappa shape index (κ2) is 13.5. The van der Waals surface area contributed by atoms with Crippen LogP contribution in [0.1, 0.15) is 17.5 Å². The Bertz CT molecular complexity index is 843. The molecule has 1 aliphatic carbocycles. The van der Waals surface area contributed by atoms with Gasteiger partial charge in [-0.15, -0.1) is 58.6 Å². The molecule has 0 amide bonds. The molecule has 4 heteroatoms. The van der Waals surface area contributed by atoms with E-state index in [-0.39, 0.29) is 50.7 Å². The molecule has 4 aromatic carbocycles. The Morgan fingerprint density at radius 3 is 1.96 bits per heavy atom. The minimum absolute atomic E-state index is 0. The number of hydrogen-bond donors (Lipinski definition) is 0. The largest absolute Gasteiger partial charge is 4.00 e. The van der Waals surface area contributed by atoms with Crippen molar-refractivity contribution in [1.29, 1.82) is 0 Å². The molecule has 0 spiro atoms. The van der Waals surface area contributed by atoms with Crippen LogP contribution >= 0.6 is 0 Å². The maximum atomic E-state index is 2.36. The average molecular weight is 578 g/mol. The van der Waals surface area contributed by atoms with E-state index in [0.717, 1.165) is 9.52 Å². The third-order valence-corrected chi connectivity index (χ3v) is 4.40. The van der Waals surface area contributed by atoms with Gasteiger partial charge in [-0.05, 0) is 19.3 Å². The summed E-state index contributed by atoms with van der Waals surface area (Å²) < 4.78 is 0. The Kier molecular flexibility index (Phi) is 13.2. The molecule has 1 aliphatic rings. The average Bonchev–Trinajstić information content (AvgIpc) is 3.33. The smallest absolute Gasteiger partial charge is 1.00 e. The van der Waals surface area contributed by atoms with Gasteiger partial charge in [-0.25, -0.2) is 0 Å². The van der Waals surface area contributed by atoms with Crippen LogP contribution in [0.25, 0.3) is 21.5 Å². The monoisotopic (exact) mass is 578 g/mol. The quantitative estimate of drug-likeness (QED) is 0.210. The summed E-state index contributed by atoms with van der Waals surface area (Å²) >= 11 is 0. The Hall–Kier alpha value is -0.673. The number of fused-ring (bicyclic) bond motifs is 3. The zero-order chi connectivity index (χ0) is 16.8. The molecule has 2 radical (unpaired) electrons. The van der Waals surface area contributed by atoms with Crippen molar-refractivity contribution < 1.29 is 50.7 Å². The predicted octanol–water partition coefficient (Wildman–Crippen LogP) is 0.398. The number of hydrogen-bond acceptors (Lipinski definition) is 0. The van der Waals surface area contributed by atoms with Crippen LogP contribution in [0.5, 0.6) is 0 Å². The van der Waals surface area contributed by atoms with Crippen molar-refractivity contribution in [1.82, 2.24) is 0 Å². The Morgan fingerprint density at radius 1 is 0.741 bits per heavy atom. The first kappa shape index (κ1) is 26.3. The van der Waals surface area contributed by atoms with Gasteiger partial charge < -0.3 is 24.8 Å². The van der Waals surface area contributed by atoms with Gasteiger partial charge >= 0.3 is 25.8 Å². The molecule has 0 saturated carbocycles. The first-order chi connectivity index (χ1) is 11.8. The minimum Gasteiger partial charge on any atom is -1.00 e. The maximum absolute atomic E-state index is 2.36. The van der Waals surface area contributed by atoms with Crippen LogP contribution in [0.15, 0.2) is 72.8 Å². The van der Waals surface area contributed by atoms with Crippen molar-refractivity contribution in [2.45, 2.75) is 32.4 Å². The van der Waals surface area contributed by atoms with Gasteiger partial charge in [0.05, 0.1) is 0 Å². The van der Waals surface area contributed by atoms with E-state index in [1.165, 1.54) is 40.8 Å². The summed E-state index contributed by atoms with van der Waals surface area (Å²) in [5.74, 6) is 0. The summed E-state index contributed by atoms with van der Waals surface area (Å²) in [5, 5.41) is 5.49. The van der Waals surface area contributed by atoms with Crippen molar-refractivity contribution in [3.63, 3.8) is 0 Å². The molecule has 4 aromatic rings. The summed E-state index contributed by atoms with van der Waals surface area (Å²) in [7, 11) is 1.08. The molecule has 27 heavy (non-hydrogen) atoms. The first-order valence-electron chi connectivity index (χ1n) is 8.68. The molecule has 0 N–H and O–H groups in total. The molecule has 0 saturated heterocycles. The van der Waals surface area contributed by atoms with Gasteiger partial charge in [-0.2, -0.15) is 29.7 Å². The second-order valence-electron chi connectivity index (χ2n) is 6.28. The second-order valence-corrected chi connectivity index (χ2v) is 7.28. The van der Waals surface area contributed by atoms with Gasteiger partial charge in [0.25, 0.3) is 0 Å². The van der Waals surface area contributed by atoms with E-state index < -0.39 is 0 Å². The molecule has 0 atom stereocenters. The fraction of sp³-hybridized carbons (Fsp3) is 0.217. The number of halogens is 2. The molecule has 138 valence electrons. The summed E-state index contributed by atoms with van der Waals surface area (Å²) in [6, 6.07) is 25.9. The van der Waals surface area contributed by atoms with Gasteiger partial charge in [-0.1, -0.05) is 30.3 Å². The topological polar surface area (TPSA) is 0 Å². The molecule has 0 fully saturated rings. The van der Waals surface area contributed by atoms with Crippen LogP contribution in [-0.2, 0) is 38.7 Å². The van der Waals surface area contributed by atoms with E-state index in [0.29, 0.717) is 0 Å². The van der Waals surface area contributed by atoms with Crippen LogP contribution < -0.4 is 24.8 Å². The summed E-state index contributed by atoms with van der Waals surface area (Å²) in [4.78, 5) is 0. The molecule has 0 aliphatic heterocycles. The molecule has 0 nitrogen and oxygen atoms in total. The van der Waals surface area contributed by atoms with Gasteiger partial charge in [0.2, 0.25) is 0 Å². The van der Waals surface area contributed by atoms with Gasteiger partial charge in [0.15, 0.2) is 0 Å². The number of benzene rings is 2. The van der Waals surface area contributed by atoms with Crippen LogP contribution in [0, 0.1) is 0 Å². The van der Waals surface area contributed by atoms with Gasteiger partial charge in [-0.3, -0.25) is 0 Å². The standard InChI is InChI=1S/C12H11.C9H7.C2H6Si.2ClH.Hf/c1-3-9-7-11-5-2-6-12(11)8-10(9)4-1;1-2-5-9-7-3-6-8(9)4-1;1-3-2;;;/h1,3-4,7-8H,2,5-6H2;1-7H;1-2H3;2*1H;/q2*-1;;;;+4/p-2. The Morgan fingerprint density at radius 2 is 1.30 bits per heavy atom. The predicted molar refractivity (Wildman–Crippen MR) is 109 cm³/mol. The molecular formula is C23H24Cl2HfSi. The van der Waals surface area contributed by atoms with E-state index in [2.05, 4.69) is 85.9 Å². The normalized spacial score (nSPS) is 10.9. The zero-order valence-corrected chi connectivity index (χ0v) is 21.9. The van der Waals surface area contributed by atoms with E-state index in [1.807, 2.05) is 0 Å². The van der Waals surface area contributed by atoms with E-state index in [9.17, 15) is 0 Å². The molecule has 0 aromatic heterocycles. The van der Waals surface area contributed by atoms with E-state index in [1.54, 1.807) is 11.1 Å². The van der Waals surface area contributed by atoms with E-state index in [4.69, 9.17) is 0 Å². The Balaban J connectivity index is 0.000000409. The van der Waals surface area contributed by atoms with Crippen molar-refractivity contribution in [3.05, 3.63) is 83.9 Å². The molecule has 0 unspecified atom stereocenters. The SMILES string of the molecule is C[Si]C.[Cl-].[Cl-].[Hf+4].c1cc2cc3c(cc2[cH-]1)CCC3.c1ccc2[cH-]ccc2c1. The summed E-state index contributed by atoms with van der Waals surface area (Å²) in [6.07, 6.45) is 3.93. The third-order valence-electron chi connectivity index (χ3n) is 4.40. The van der Waals surface area contributed by atoms with Crippen LogP contribution in [0.4, 0.5) is 0 Å². The number of aryl methyl sites for hydroxylation is 2. The van der Waals surface area contributed by atoms with E-state index >= 15 is 0 Å². The van der Waals surface area contributed by atoms with Crippen LogP contribution in [0.2, 0.25) is 13.1 Å². The molecule has 0 bridgehead atoms. The summed E-state index contributed by atoms with van der Waals surface area (Å²) in [5.41, 5.74) is 3.16. The van der Waals surface area contributed by atoms with Crippen molar-refractivity contribution in [3.8, 4) is 0 Å². The first-order valence-corrected chi connectivity index (χ1v) is 10.7. The van der Waals surface area contributed by atoms with Crippen molar-refractivity contribution in [2.75, 3.05) is 0 Å². The van der Waals surface area contributed by atoms with Crippen LogP contribution in [-0.4, -0.2) is 9.52 Å². The third kappa shape index (κ3) is 7.01. The molecular weight excluding hydrogens is 554 g/mol. The fourth-order valence-corrected chi connectivity index (χ4v) is 3.28. The zero-order valence-electron chi connectivity index (χ0n) is 15.8. The molecule has 0 heterocycles. The van der Waals surface area contributed by atoms with Gasteiger partial charge in [0.1, 0.15) is 0 Å². The Labute approximate surface area is 196 Å².